The van der Waals surface area contributed by atoms with Crippen molar-refractivity contribution in [1.82, 2.24) is 10.2 Å². The second-order valence-electron chi connectivity index (χ2n) is 7.07. The van der Waals surface area contributed by atoms with Gasteiger partial charge in [0.15, 0.2) is 0 Å². The minimum Gasteiger partial charge on any atom is -0.468 e. The molecule has 0 radical (unpaired) electrons. The number of carbonyl (C=O) groups excluding carboxylic acids is 1. The fourth-order valence-corrected chi connectivity index (χ4v) is 3.43. The highest BCUT2D eigenvalue weighted by Gasteiger charge is 2.39. The van der Waals surface area contributed by atoms with Gasteiger partial charge in [0, 0.05) is 12.6 Å². The van der Waals surface area contributed by atoms with Gasteiger partial charge in [-0.15, -0.1) is 0 Å². The molecule has 2 rings (SSSR count). The van der Waals surface area contributed by atoms with Gasteiger partial charge in [-0.1, -0.05) is 19.8 Å². The van der Waals surface area contributed by atoms with Crippen LogP contribution in [0.4, 0.5) is 0 Å². The lowest BCUT2D eigenvalue weighted by Gasteiger charge is -2.35. The summed E-state index contributed by atoms with van der Waals surface area (Å²) in [5, 5.41) is 3.49. The van der Waals surface area contributed by atoms with Crippen LogP contribution in [0.25, 0.3) is 0 Å². The van der Waals surface area contributed by atoms with Crippen LogP contribution in [0.15, 0.2) is 0 Å². The number of hydrogen-bond acceptors (Lipinski definition) is 4. The van der Waals surface area contributed by atoms with E-state index in [1.165, 1.54) is 58.7 Å². The molecule has 4 nitrogen and oxygen atoms in total. The third-order valence-electron chi connectivity index (χ3n) is 5.07. The van der Waals surface area contributed by atoms with E-state index in [0.29, 0.717) is 6.04 Å². The van der Waals surface area contributed by atoms with Crippen molar-refractivity contribution < 1.29 is 9.53 Å². The van der Waals surface area contributed by atoms with Crippen molar-refractivity contribution in [1.29, 1.82) is 0 Å². The fourth-order valence-electron chi connectivity index (χ4n) is 3.43. The first-order valence-electron chi connectivity index (χ1n) is 8.66. The van der Waals surface area contributed by atoms with E-state index < -0.39 is 5.54 Å². The largest absolute Gasteiger partial charge is 0.468 e. The molecule has 2 aliphatic rings. The van der Waals surface area contributed by atoms with E-state index in [0.717, 1.165) is 18.9 Å². The first-order chi connectivity index (χ1) is 10.1. The van der Waals surface area contributed by atoms with E-state index in [1.54, 1.807) is 0 Å². The summed E-state index contributed by atoms with van der Waals surface area (Å²) >= 11 is 0. The number of ether oxygens (including phenoxy) is 1. The van der Waals surface area contributed by atoms with E-state index in [1.807, 2.05) is 6.92 Å². The number of nitrogens with one attached hydrogen (secondary N) is 1. The Morgan fingerprint density at radius 3 is 2.48 bits per heavy atom. The molecule has 0 aromatic carbocycles. The molecular weight excluding hydrogens is 264 g/mol. The molecule has 1 N–H and O–H groups in total. The van der Waals surface area contributed by atoms with Gasteiger partial charge in [-0.25, -0.2) is 0 Å². The van der Waals surface area contributed by atoms with Crippen LogP contribution in [0.1, 0.15) is 58.8 Å². The van der Waals surface area contributed by atoms with E-state index >= 15 is 0 Å². The van der Waals surface area contributed by atoms with Crippen molar-refractivity contribution >= 4 is 5.97 Å². The predicted molar refractivity (Wildman–Crippen MR) is 85.3 cm³/mol. The van der Waals surface area contributed by atoms with Crippen molar-refractivity contribution in [3.63, 3.8) is 0 Å². The van der Waals surface area contributed by atoms with Crippen molar-refractivity contribution in [2.45, 2.75) is 70.4 Å². The third kappa shape index (κ3) is 4.96. The molecule has 122 valence electrons. The molecule has 21 heavy (non-hydrogen) atoms. The molecule has 0 aromatic heterocycles. The van der Waals surface area contributed by atoms with Gasteiger partial charge < -0.3 is 9.64 Å². The summed E-state index contributed by atoms with van der Waals surface area (Å²) < 4.78 is 5.01. The van der Waals surface area contributed by atoms with Crippen LogP contribution in [0.2, 0.25) is 0 Å². The van der Waals surface area contributed by atoms with E-state index in [4.69, 9.17) is 4.74 Å². The van der Waals surface area contributed by atoms with Crippen LogP contribution < -0.4 is 5.32 Å². The number of piperidine rings is 1. The second-order valence-corrected chi connectivity index (χ2v) is 7.07. The number of hydrogen-bond donors (Lipinski definition) is 1. The average Bonchev–Trinajstić information content (AvgIpc) is 3.30. The molecule has 1 saturated heterocycles. The Labute approximate surface area is 129 Å². The second kappa shape index (κ2) is 7.59. The molecule has 1 atom stereocenters. The lowest BCUT2D eigenvalue weighted by atomic mass is 9.91. The van der Waals surface area contributed by atoms with Crippen LogP contribution in [-0.2, 0) is 9.53 Å². The standard InChI is InChI=1S/C17H32N2O2/c1-4-5-14-8-11-19(12-9-14)13-10-17(2,16(20)21-3)18-15-6-7-15/h14-15,18H,4-13H2,1-3H3. The molecule has 2 fully saturated rings. The normalized spacial score (nSPS) is 23.8. The molecule has 1 aliphatic heterocycles. The molecule has 1 aliphatic carbocycles. The Morgan fingerprint density at radius 2 is 1.95 bits per heavy atom. The predicted octanol–water partition coefficient (Wildman–Crippen LogP) is 2.57. The van der Waals surface area contributed by atoms with Crippen molar-refractivity contribution in [2.24, 2.45) is 5.92 Å². The molecule has 1 unspecified atom stereocenters. The molecular formula is C17H32N2O2. The molecule has 1 heterocycles. The van der Waals surface area contributed by atoms with Gasteiger partial charge in [0.2, 0.25) is 0 Å². The van der Waals surface area contributed by atoms with Crippen LogP contribution in [-0.4, -0.2) is 49.2 Å². The third-order valence-corrected chi connectivity index (χ3v) is 5.07. The molecule has 1 saturated carbocycles. The highest BCUT2D eigenvalue weighted by Crippen LogP contribution is 2.26. The Hall–Kier alpha value is -0.610. The summed E-state index contributed by atoms with van der Waals surface area (Å²) in [6, 6.07) is 0.518. The summed E-state index contributed by atoms with van der Waals surface area (Å²) in [5.74, 6) is 0.804. The van der Waals surface area contributed by atoms with Gasteiger partial charge in [0.1, 0.15) is 5.54 Å². The zero-order valence-corrected chi connectivity index (χ0v) is 14.0. The molecule has 0 amide bonds. The highest BCUT2D eigenvalue weighted by molar-refractivity contribution is 5.80. The van der Waals surface area contributed by atoms with E-state index in [9.17, 15) is 4.79 Å². The summed E-state index contributed by atoms with van der Waals surface area (Å²) in [4.78, 5) is 14.6. The fraction of sp³-hybridized carbons (Fsp3) is 0.941. The molecule has 4 heteroatoms. The topological polar surface area (TPSA) is 41.6 Å². The number of carbonyl (C=O) groups is 1. The first-order valence-corrected chi connectivity index (χ1v) is 8.66. The maximum absolute atomic E-state index is 12.1. The summed E-state index contributed by atoms with van der Waals surface area (Å²) in [6.45, 7) is 7.64. The quantitative estimate of drug-likeness (QED) is 0.699. The zero-order chi connectivity index (χ0) is 15.3. The SMILES string of the molecule is CCCC1CCN(CCC(C)(NC2CC2)C(=O)OC)CC1. The maximum Gasteiger partial charge on any atom is 0.325 e. The summed E-state index contributed by atoms with van der Waals surface area (Å²) in [7, 11) is 1.49. The van der Waals surface area contributed by atoms with Crippen LogP contribution in [0.5, 0.6) is 0 Å². The van der Waals surface area contributed by atoms with Crippen LogP contribution in [0, 0.1) is 5.92 Å². The number of rotatable bonds is 8. The van der Waals surface area contributed by atoms with Crippen molar-refractivity contribution in [3.05, 3.63) is 0 Å². The Bertz CT molecular complexity index is 336. The molecule has 0 aromatic rings. The Kier molecular flexibility index (Phi) is 6.06. The zero-order valence-electron chi connectivity index (χ0n) is 14.0. The molecule has 0 spiro atoms. The van der Waals surface area contributed by atoms with Crippen molar-refractivity contribution in [2.75, 3.05) is 26.7 Å². The van der Waals surface area contributed by atoms with Gasteiger partial charge in [0.25, 0.3) is 0 Å². The number of esters is 1. The molecule has 0 bridgehead atoms. The van der Waals surface area contributed by atoms with Gasteiger partial charge in [0.05, 0.1) is 7.11 Å². The lowest BCUT2D eigenvalue weighted by molar-refractivity contribution is -0.148. The van der Waals surface area contributed by atoms with Gasteiger partial charge in [-0.05, 0) is 58.0 Å². The lowest BCUT2D eigenvalue weighted by Crippen LogP contribution is -2.53. The van der Waals surface area contributed by atoms with Gasteiger partial charge in [-0.3, -0.25) is 10.1 Å². The number of methoxy groups -OCH3 is 1. The van der Waals surface area contributed by atoms with E-state index in [-0.39, 0.29) is 5.97 Å². The maximum atomic E-state index is 12.1. The minimum absolute atomic E-state index is 0.115. The Balaban J connectivity index is 1.77. The Morgan fingerprint density at radius 1 is 1.29 bits per heavy atom. The van der Waals surface area contributed by atoms with Crippen molar-refractivity contribution in [3.8, 4) is 0 Å². The average molecular weight is 296 g/mol. The highest BCUT2D eigenvalue weighted by atomic mass is 16.5. The van der Waals surface area contributed by atoms with Crippen LogP contribution in [0.3, 0.4) is 0 Å². The van der Waals surface area contributed by atoms with Crippen LogP contribution >= 0.6 is 0 Å². The van der Waals surface area contributed by atoms with Gasteiger partial charge in [-0.2, -0.15) is 0 Å². The summed E-state index contributed by atoms with van der Waals surface area (Å²) in [5.41, 5.74) is -0.518. The smallest absolute Gasteiger partial charge is 0.325 e. The number of nitrogens with zero attached hydrogens (tertiary/aromatic N) is 1. The monoisotopic (exact) mass is 296 g/mol. The summed E-state index contributed by atoms with van der Waals surface area (Å²) in [6.07, 6.45) is 8.53. The minimum atomic E-state index is -0.518. The van der Waals surface area contributed by atoms with E-state index in [2.05, 4.69) is 17.1 Å². The van der Waals surface area contributed by atoms with Gasteiger partial charge >= 0.3 is 5.97 Å². The number of likely N-dealkylation sites (tertiary alicyclic amines) is 1. The first kappa shape index (κ1) is 16.8.